The predicted octanol–water partition coefficient (Wildman–Crippen LogP) is 3.71. The lowest BCUT2D eigenvalue weighted by Crippen LogP contribution is -2.02. The average molecular weight is 310 g/mol. The highest BCUT2D eigenvalue weighted by atomic mass is 32.2. The normalized spacial score (nSPS) is 10.8. The molecular formula is C16H22O4S. The zero-order chi connectivity index (χ0) is 15.5. The minimum absolute atomic E-state index is 0.536. The molecule has 116 valence electrons. The van der Waals surface area contributed by atoms with Crippen LogP contribution in [0.1, 0.15) is 25.8 Å². The largest absolute Gasteiger partial charge is 0.490 e. The summed E-state index contributed by atoms with van der Waals surface area (Å²) in [5.41, 5.74) is 0.773. The van der Waals surface area contributed by atoms with Crippen molar-refractivity contribution >= 4 is 23.8 Å². The zero-order valence-corrected chi connectivity index (χ0v) is 13.3. The second-order valence-electron chi connectivity index (χ2n) is 4.21. The van der Waals surface area contributed by atoms with Gasteiger partial charge in [0, 0.05) is 6.08 Å². The van der Waals surface area contributed by atoms with E-state index in [9.17, 15) is 4.79 Å². The van der Waals surface area contributed by atoms with Crippen LogP contribution in [-0.2, 0) is 4.79 Å². The number of ether oxygens (including phenoxy) is 2. The number of hydrogen-bond acceptors (Lipinski definition) is 4. The number of rotatable bonds is 10. The Bertz CT molecular complexity index is 471. The molecule has 0 radical (unpaired) electrons. The second kappa shape index (κ2) is 10.2. The minimum Gasteiger partial charge on any atom is -0.490 e. The van der Waals surface area contributed by atoms with E-state index < -0.39 is 5.97 Å². The highest BCUT2D eigenvalue weighted by Gasteiger charge is 2.05. The zero-order valence-electron chi connectivity index (χ0n) is 12.5. The maximum atomic E-state index is 10.5. The van der Waals surface area contributed by atoms with Gasteiger partial charge in [-0.15, -0.1) is 0 Å². The molecule has 0 saturated heterocycles. The van der Waals surface area contributed by atoms with Crippen LogP contribution in [0.2, 0.25) is 0 Å². The third-order valence-corrected chi connectivity index (χ3v) is 3.57. The fourth-order valence-corrected chi connectivity index (χ4v) is 2.28. The van der Waals surface area contributed by atoms with Gasteiger partial charge < -0.3 is 14.6 Å². The van der Waals surface area contributed by atoms with Crippen molar-refractivity contribution in [2.24, 2.45) is 0 Å². The van der Waals surface area contributed by atoms with Crippen LogP contribution in [0.5, 0.6) is 11.5 Å². The van der Waals surface area contributed by atoms with Gasteiger partial charge in [0.05, 0.1) is 13.2 Å². The first-order valence-corrected chi connectivity index (χ1v) is 8.21. The van der Waals surface area contributed by atoms with Crippen LogP contribution in [0, 0.1) is 0 Å². The fourth-order valence-electron chi connectivity index (χ4n) is 1.67. The molecule has 1 N–H and O–H groups in total. The van der Waals surface area contributed by atoms with Gasteiger partial charge in [-0.25, -0.2) is 4.79 Å². The molecule has 0 amide bonds. The van der Waals surface area contributed by atoms with E-state index in [0.29, 0.717) is 24.7 Å². The molecule has 0 bridgehead atoms. The van der Waals surface area contributed by atoms with E-state index in [1.54, 1.807) is 6.07 Å². The number of hydrogen-bond donors (Lipinski definition) is 1. The number of carboxylic acids is 1. The summed E-state index contributed by atoms with van der Waals surface area (Å²) in [4.78, 5) is 10.5. The predicted molar refractivity (Wildman–Crippen MR) is 87.4 cm³/mol. The fraction of sp³-hybridized carbons (Fsp3) is 0.438. The van der Waals surface area contributed by atoms with Gasteiger partial charge in [0.15, 0.2) is 11.5 Å². The Kier molecular flexibility index (Phi) is 8.43. The van der Waals surface area contributed by atoms with Gasteiger partial charge in [0.2, 0.25) is 0 Å². The van der Waals surface area contributed by atoms with Gasteiger partial charge in [-0.2, -0.15) is 11.8 Å². The molecule has 1 aromatic carbocycles. The van der Waals surface area contributed by atoms with Crippen molar-refractivity contribution < 1.29 is 19.4 Å². The van der Waals surface area contributed by atoms with Gasteiger partial charge in [-0.1, -0.05) is 13.0 Å². The summed E-state index contributed by atoms with van der Waals surface area (Å²) in [6, 6.07) is 5.43. The SMILES string of the molecule is CCOc1cc(/C=C/C(=O)O)ccc1OCCCSCC. The molecule has 0 aliphatic heterocycles. The van der Waals surface area contributed by atoms with E-state index in [4.69, 9.17) is 14.6 Å². The monoisotopic (exact) mass is 310 g/mol. The first kappa shape index (κ1) is 17.4. The molecule has 0 spiro atoms. The average Bonchev–Trinajstić information content (AvgIpc) is 2.47. The van der Waals surface area contributed by atoms with Gasteiger partial charge in [-0.3, -0.25) is 0 Å². The molecule has 1 aromatic rings. The lowest BCUT2D eigenvalue weighted by Gasteiger charge is -2.12. The summed E-state index contributed by atoms with van der Waals surface area (Å²) in [7, 11) is 0. The van der Waals surface area contributed by atoms with Crippen molar-refractivity contribution in [3.05, 3.63) is 29.8 Å². The molecule has 0 saturated carbocycles. The summed E-state index contributed by atoms with van der Waals surface area (Å²) >= 11 is 1.89. The molecule has 0 aliphatic rings. The molecule has 1 rings (SSSR count). The van der Waals surface area contributed by atoms with Crippen LogP contribution < -0.4 is 9.47 Å². The Morgan fingerprint density at radius 2 is 2.10 bits per heavy atom. The maximum Gasteiger partial charge on any atom is 0.328 e. The van der Waals surface area contributed by atoms with E-state index >= 15 is 0 Å². The van der Waals surface area contributed by atoms with Crippen molar-refractivity contribution in [1.82, 2.24) is 0 Å². The van der Waals surface area contributed by atoms with E-state index in [1.165, 1.54) is 6.08 Å². The van der Waals surface area contributed by atoms with E-state index in [-0.39, 0.29) is 0 Å². The third-order valence-electron chi connectivity index (χ3n) is 2.58. The summed E-state index contributed by atoms with van der Waals surface area (Å²) in [5.74, 6) is 2.58. The first-order chi connectivity index (χ1) is 10.2. The quantitative estimate of drug-likeness (QED) is 0.527. The topological polar surface area (TPSA) is 55.8 Å². The Morgan fingerprint density at radius 1 is 1.29 bits per heavy atom. The van der Waals surface area contributed by atoms with Crippen molar-refractivity contribution in [2.75, 3.05) is 24.7 Å². The molecular weight excluding hydrogens is 288 g/mol. The summed E-state index contributed by atoms with van der Waals surface area (Å²) in [5, 5.41) is 8.64. The molecule has 0 atom stereocenters. The van der Waals surface area contributed by atoms with Crippen molar-refractivity contribution in [1.29, 1.82) is 0 Å². The molecule has 5 heteroatoms. The number of benzene rings is 1. The Labute approximate surface area is 130 Å². The van der Waals surface area contributed by atoms with Crippen LogP contribution in [0.3, 0.4) is 0 Å². The first-order valence-electron chi connectivity index (χ1n) is 7.05. The van der Waals surface area contributed by atoms with E-state index in [1.807, 2.05) is 30.8 Å². The lowest BCUT2D eigenvalue weighted by atomic mass is 10.2. The number of aliphatic carboxylic acids is 1. The molecule has 0 aliphatic carbocycles. The molecule has 0 aromatic heterocycles. The van der Waals surface area contributed by atoms with Crippen LogP contribution in [0.25, 0.3) is 6.08 Å². The van der Waals surface area contributed by atoms with Crippen LogP contribution in [0.15, 0.2) is 24.3 Å². The molecule has 4 nitrogen and oxygen atoms in total. The lowest BCUT2D eigenvalue weighted by molar-refractivity contribution is -0.131. The summed E-state index contributed by atoms with van der Waals surface area (Å²) < 4.78 is 11.3. The Hall–Kier alpha value is -1.62. The Morgan fingerprint density at radius 3 is 2.76 bits per heavy atom. The van der Waals surface area contributed by atoms with E-state index in [2.05, 4.69) is 6.92 Å². The minimum atomic E-state index is -0.971. The smallest absolute Gasteiger partial charge is 0.328 e. The van der Waals surface area contributed by atoms with Crippen molar-refractivity contribution in [3.8, 4) is 11.5 Å². The second-order valence-corrected chi connectivity index (χ2v) is 5.60. The van der Waals surface area contributed by atoms with Gasteiger partial charge in [-0.05, 0) is 48.6 Å². The number of carbonyl (C=O) groups is 1. The molecule has 0 fully saturated rings. The third kappa shape index (κ3) is 7.09. The summed E-state index contributed by atoms with van der Waals surface area (Å²) in [6.07, 6.45) is 3.63. The van der Waals surface area contributed by atoms with Crippen LogP contribution in [-0.4, -0.2) is 35.8 Å². The van der Waals surface area contributed by atoms with Gasteiger partial charge in [0.1, 0.15) is 0 Å². The molecule has 0 heterocycles. The maximum absolute atomic E-state index is 10.5. The highest BCUT2D eigenvalue weighted by Crippen LogP contribution is 2.29. The van der Waals surface area contributed by atoms with E-state index in [0.717, 1.165) is 29.6 Å². The highest BCUT2D eigenvalue weighted by molar-refractivity contribution is 7.99. The standard InChI is InChI=1S/C16H22O4S/c1-3-19-15-12-13(7-9-16(17)18)6-8-14(15)20-10-5-11-21-4-2/h6-9,12H,3-5,10-11H2,1-2H3,(H,17,18)/b9-7+. The molecule has 0 unspecified atom stereocenters. The number of carboxylic acid groups (broad SMARTS) is 1. The van der Waals surface area contributed by atoms with Crippen molar-refractivity contribution in [3.63, 3.8) is 0 Å². The van der Waals surface area contributed by atoms with Gasteiger partial charge >= 0.3 is 5.97 Å². The van der Waals surface area contributed by atoms with Crippen molar-refractivity contribution in [2.45, 2.75) is 20.3 Å². The van der Waals surface area contributed by atoms with Gasteiger partial charge in [0.25, 0.3) is 0 Å². The van der Waals surface area contributed by atoms with Crippen LogP contribution >= 0.6 is 11.8 Å². The molecule has 21 heavy (non-hydrogen) atoms. The summed E-state index contributed by atoms with van der Waals surface area (Å²) in [6.45, 7) is 5.23. The number of thioether (sulfide) groups is 1. The van der Waals surface area contributed by atoms with Crippen LogP contribution in [0.4, 0.5) is 0 Å². The Balaban J connectivity index is 2.67.